The molecule has 204 valence electrons. The van der Waals surface area contributed by atoms with Gasteiger partial charge < -0.3 is 0 Å². The van der Waals surface area contributed by atoms with Crippen LogP contribution < -0.4 is 8.92 Å². The third-order valence-corrected chi connectivity index (χ3v) is 7.51. The Bertz CT molecular complexity index is 1020. The fourth-order valence-electron chi connectivity index (χ4n) is 2.04. The van der Waals surface area contributed by atoms with Crippen LogP contribution in [0.3, 0.4) is 0 Å². The fourth-order valence-corrected chi connectivity index (χ4v) is 5.50. The second-order valence-electron chi connectivity index (χ2n) is 6.23. The Morgan fingerprint density at radius 1 is 0.676 bits per heavy atom. The molecule has 0 amide bonds. The first-order valence-electron chi connectivity index (χ1n) is 9.80. The van der Waals surface area contributed by atoms with Crippen molar-refractivity contribution in [2.45, 2.75) is 24.5 Å². The molecular weight excluding hydrogens is 758 g/mol. The SMILES string of the molecule is CC#N.CC#N.F[P-](F)(F)(F)(F)F.[Cl][Ru+].c1ccc([Se]Cc2cccc(C[Se]c3ccccc3)n2)cc1. The number of benzene rings is 2. The van der Waals surface area contributed by atoms with E-state index in [1.54, 1.807) is 12.1 Å². The third kappa shape index (κ3) is 30.6. The molecule has 0 atom stereocenters. The average molecular weight is 781 g/mol. The van der Waals surface area contributed by atoms with E-state index in [4.69, 9.17) is 15.5 Å². The predicted octanol–water partition coefficient (Wildman–Crippen LogP) is 7.27. The van der Waals surface area contributed by atoms with Crippen LogP contribution in [0.5, 0.6) is 0 Å². The second kappa shape index (κ2) is 18.7. The van der Waals surface area contributed by atoms with E-state index < -0.39 is 7.81 Å². The van der Waals surface area contributed by atoms with Crippen LogP contribution in [0.4, 0.5) is 25.2 Å². The summed E-state index contributed by atoms with van der Waals surface area (Å²) in [5, 5.41) is 16.8. The van der Waals surface area contributed by atoms with E-state index in [-0.39, 0.29) is 0 Å². The fraction of sp³-hybridized carbons (Fsp3) is 0.174. The van der Waals surface area contributed by atoms with Crippen LogP contribution in [0.25, 0.3) is 0 Å². The summed E-state index contributed by atoms with van der Waals surface area (Å²) in [5.41, 5.74) is 2.45. The van der Waals surface area contributed by atoms with Gasteiger partial charge in [0.2, 0.25) is 0 Å². The van der Waals surface area contributed by atoms with Crippen molar-refractivity contribution in [2.75, 3.05) is 0 Å². The molecule has 3 rings (SSSR count). The van der Waals surface area contributed by atoms with E-state index in [0.717, 1.165) is 10.6 Å². The molecule has 0 N–H and O–H groups in total. The number of rotatable bonds is 6. The Kier molecular flexibility index (Phi) is 19.1. The van der Waals surface area contributed by atoms with E-state index in [2.05, 4.69) is 88.6 Å². The summed E-state index contributed by atoms with van der Waals surface area (Å²) < 4.78 is 62.1. The van der Waals surface area contributed by atoms with Crippen molar-refractivity contribution >= 4 is 56.3 Å². The number of aromatic nitrogens is 1. The molecule has 0 saturated heterocycles. The number of nitrogens with zero attached hydrogens (tertiary/aromatic N) is 3. The van der Waals surface area contributed by atoms with Crippen molar-refractivity contribution in [1.29, 1.82) is 10.5 Å². The first-order valence-corrected chi connectivity index (χ1v) is 18.2. The van der Waals surface area contributed by atoms with E-state index in [1.807, 2.05) is 17.3 Å². The van der Waals surface area contributed by atoms with Gasteiger partial charge in [-0.2, -0.15) is 10.5 Å². The normalized spacial score (nSPS) is 11.2. The molecule has 0 aliphatic rings. The molecule has 0 fully saturated rings. The molecule has 3 nitrogen and oxygen atoms in total. The van der Waals surface area contributed by atoms with Gasteiger partial charge in [0.25, 0.3) is 0 Å². The molecule has 1 heterocycles. The van der Waals surface area contributed by atoms with Crippen molar-refractivity contribution in [1.82, 2.24) is 4.98 Å². The molecular formula is C23H23ClF6N3PRuSe2. The van der Waals surface area contributed by atoms with Crippen LogP contribution in [-0.4, -0.2) is 34.9 Å². The standard InChI is InChI=1S/C19H17NSe2.2C2H3N.ClH.F6P.Ru/c1-3-10-18(11-4-1)21-14-16-8-7-9-17(20-16)15-22-19-12-5-2-6-13-19;2*1-2-3;;1-7(2,3,4,5)6;/h1-13H,14-15H2;2*1H3;1H;;/q;;;;-1;+2/p-1. The molecule has 0 bridgehead atoms. The molecule has 37 heavy (non-hydrogen) atoms. The molecule has 14 heteroatoms. The van der Waals surface area contributed by atoms with Gasteiger partial charge >= 0.3 is 205 Å². The van der Waals surface area contributed by atoms with Crippen LogP contribution in [-0.2, 0) is 28.0 Å². The minimum absolute atomic E-state index is 0.470. The zero-order valence-corrected chi connectivity index (χ0v) is 26.3. The zero-order chi connectivity index (χ0) is 28.9. The molecule has 3 aromatic rings. The Hall–Kier alpha value is -1.47. The number of halogens is 7. The summed E-state index contributed by atoms with van der Waals surface area (Å²) >= 11 is 2.76. The van der Waals surface area contributed by atoms with Gasteiger partial charge in [0.1, 0.15) is 0 Å². The van der Waals surface area contributed by atoms with E-state index in [0.29, 0.717) is 29.9 Å². The Morgan fingerprint density at radius 2 is 0.946 bits per heavy atom. The molecule has 2 aromatic carbocycles. The topological polar surface area (TPSA) is 60.5 Å². The van der Waals surface area contributed by atoms with Gasteiger partial charge in [-0.25, -0.2) is 0 Å². The van der Waals surface area contributed by atoms with E-state index >= 15 is 0 Å². The van der Waals surface area contributed by atoms with Gasteiger partial charge in [0.15, 0.2) is 0 Å². The van der Waals surface area contributed by atoms with Gasteiger partial charge in [-0.05, 0) is 0 Å². The molecule has 0 saturated carbocycles. The van der Waals surface area contributed by atoms with Crippen molar-refractivity contribution in [3.05, 3.63) is 90.3 Å². The Balaban J connectivity index is 0. The predicted molar refractivity (Wildman–Crippen MR) is 137 cm³/mol. The van der Waals surface area contributed by atoms with Crippen molar-refractivity contribution in [3.8, 4) is 12.1 Å². The van der Waals surface area contributed by atoms with Gasteiger partial charge in [0, 0.05) is 13.8 Å². The molecule has 0 unspecified atom stereocenters. The second-order valence-corrected chi connectivity index (χ2v) is 12.5. The minimum atomic E-state index is -10.7. The van der Waals surface area contributed by atoms with Gasteiger partial charge in [-0.3, -0.25) is 0 Å². The summed E-state index contributed by atoms with van der Waals surface area (Å²) in [7, 11) is -6.09. The summed E-state index contributed by atoms with van der Waals surface area (Å²) in [6, 6.07) is 31.4. The number of nitriles is 2. The van der Waals surface area contributed by atoms with Gasteiger partial charge in [-0.15, -0.1) is 0 Å². The van der Waals surface area contributed by atoms with Crippen LogP contribution in [0.1, 0.15) is 25.2 Å². The number of pyridine rings is 1. The Morgan fingerprint density at radius 3 is 1.22 bits per heavy atom. The quantitative estimate of drug-likeness (QED) is 0.150. The van der Waals surface area contributed by atoms with Crippen LogP contribution in [0.15, 0.2) is 78.9 Å². The van der Waals surface area contributed by atoms with E-state index in [9.17, 15) is 25.2 Å². The first-order chi connectivity index (χ1) is 17.2. The molecule has 0 radical (unpaired) electrons. The molecule has 0 aliphatic carbocycles. The molecule has 0 aliphatic heterocycles. The average Bonchev–Trinajstić information content (AvgIpc) is 2.83. The summed E-state index contributed by atoms with van der Waals surface area (Å²) in [6.07, 6.45) is 0. The van der Waals surface area contributed by atoms with Gasteiger partial charge in [0.05, 0.1) is 12.1 Å². The summed E-state index contributed by atoms with van der Waals surface area (Å²) in [5.74, 6) is 0. The number of hydrogen-bond acceptors (Lipinski definition) is 3. The monoisotopic (exact) mass is 783 g/mol. The van der Waals surface area contributed by atoms with Gasteiger partial charge in [-0.1, -0.05) is 0 Å². The van der Waals surface area contributed by atoms with Crippen molar-refractivity contribution < 1.29 is 42.5 Å². The molecule has 0 spiro atoms. The van der Waals surface area contributed by atoms with Crippen LogP contribution in [0.2, 0.25) is 0 Å². The maximum atomic E-state index is 9.87. The third-order valence-electron chi connectivity index (χ3n) is 3.12. The van der Waals surface area contributed by atoms with Crippen molar-refractivity contribution in [2.24, 2.45) is 0 Å². The Labute approximate surface area is 239 Å². The van der Waals surface area contributed by atoms with Crippen LogP contribution in [0, 0.1) is 22.7 Å². The number of hydrogen-bond donors (Lipinski definition) is 0. The zero-order valence-electron chi connectivity index (χ0n) is 19.5. The first kappa shape index (κ1) is 37.7. The summed E-state index contributed by atoms with van der Waals surface area (Å²) in [4.78, 5) is 4.83. The summed E-state index contributed by atoms with van der Waals surface area (Å²) in [6.45, 7) is 2.86. The maximum absolute atomic E-state index is 10.7. The van der Waals surface area contributed by atoms with Crippen LogP contribution >= 0.6 is 17.5 Å². The van der Waals surface area contributed by atoms with E-state index in [1.165, 1.54) is 34.2 Å². The molecule has 1 aromatic heterocycles. The van der Waals surface area contributed by atoms with Crippen molar-refractivity contribution in [3.63, 3.8) is 0 Å².